The Bertz CT molecular complexity index is 172. The van der Waals surface area contributed by atoms with Crippen LogP contribution in [0.3, 0.4) is 0 Å². The number of rotatable bonds is 2. The summed E-state index contributed by atoms with van der Waals surface area (Å²) in [5.74, 6) is 0.999. The van der Waals surface area contributed by atoms with Crippen LogP contribution in [0.25, 0.3) is 0 Å². The van der Waals surface area contributed by atoms with Crippen LogP contribution in [0.1, 0.15) is 26.7 Å². The van der Waals surface area contributed by atoms with Gasteiger partial charge in [0, 0.05) is 5.92 Å². The maximum atomic E-state index is 11.2. The van der Waals surface area contributed by atoms with Gasteiger partial charge in [0.1, 0.15) is 0 Å². The highest BCUT2D eigenvalue weighted by Crippen LogP contribution is 2.17. The molecule has 2 heteroatoms. The van der Waals surface area contributed by atoms with Gasteiger partial charge >= 0.3 is 0 Å². The van der Waals surface area contributed by atoms with E-state index in [1.165, 1.54) is 0 Å². The van der Waals surface area contributed by atoms with Gasteiger partial charge in [-0.05, 0) is 25.0 Å². The highest BCUT2D eigenvalue weighted by Gasteiger charge is 2.19. The number of hydrogen-bond acceptors (Lipinski definition) is 1. The van der Waals surface area contributed by atoms with Crippen molar-refractivity contribution in [3.63, 3.8) is 0 Å². The van der Waals surface area contributed by atoms with Gasteiger partial charge in [-0.15, -0.1) is 0 Å². The van der Waals surface area contributed by atoms with Crippen LogP contribution < -0.4 is 5.32 Å². The largest absolute Gasteiger partial charge is 0.333 e. The topological polar surface area (TPSA) is 29.1 Å². The van der Waals surface area contributed by atoms with Crippen molar-refractivity contribution >= 4 is 5.91 Å². The molecule has 0 aromatic carbocycles. The third kappa shape index (κ3) is 2.37. The van der Waals surface area contributed by atoms with Crippen LogP contribution in [0.2, 0.25) is 0 Å². The maximum absolute atomic E-state index is 11.2. The van der Waals surface area contributed by atoms with E-state index in [0.717, 1.165) is 12.8 Å². The van der Waals surface area contributed by atoms with Gasteiger partial charge in [-0.25, -0.2) is 0 Å². The molecule has 1 atom stereocenters. The van der Waals surface area contributed by atoms with E-state index in [1.807, 2.05) is 6.08 Å². The van der Waals surface area contributed by atoms with Gasteiger partial charge in [0.2, 0.25) is 5.91 Å². The summed E-state index contributed by atoms with van der Waals surface area (Å²) in [6, 6.07) is 0. The Hall–Kier alpha value is -0.790. The lowest BCUT2D eigenvalue weighted by atomic mass is 9.92. The Balaban J connectivity index is 2.44. The fourth-order valence-corrected chi connectivity index (χ4v) is 1.37. The summed E-state index contributed by atoms with van der Waals surface area (Å²) in [7, 11) is 0. The van der Waals surface area contributed by atoms with E-state index in [0.29, 0.717) is 5.92 Å². The van der Waals surface area contributed by atoms with Gasteiger partial charge in [-0.1, -0.05) is 19.9 Å². The standard InChI is InChI=1S/C9H15NO/c1-7(2)6-8-4-3-5-10-9(8)11/h3,5,7-8H,4,6H2,1-2H3,(H,10,11). The van der Waals surface area contributed by atoms with Crippen molar-refractivity contribution in [1.29, 1.82) is 0 Å². The van der Waals surface area contributed by atoms with Crippen LogP contribution in [-0.2, 0) is 4.79 Å². The van der Waals surface area contributed by atoms with Crippen LogP contribution in [0.4, 0.5) is 0 Å². The van der Waals surface area contributed by atoms with E-state index < -0.39 is 0 Å². The molecule has 1 unspecified atom stereocenters. The lowest BCUT2D eigenvalue weighted by Gasteiger charge is -2.18. The molecule has 0 spiro atoms. The van der Waals surface area contributed by atoms with Crippen molar-refractivity contribution in [2.45, 2.75) is 26.7 Å². The monoisotopic (exact) mass is 153 g/mol. The molecule has 0 aromatic rings. The molecule has 0 radical (unpaired) electrons. The summed E-state index contributed by atoms with van der Waals surface area (Å²) in [6.45, 7) is 4.29. The maximum Gasteiger partial charge on any atom is 0.227 e. The quantitative estimate of drug-likeness (QED) is 0.642. The average molecular weight is 153 g/mol. The molecule has 1 rings (SSSR count). The number of carbonyl (C=O) groups excluding carboxylic acids is 1. The number of amides is 1. The predicted molar refractivity (Wildman–Crippen MR) is 44.8 cm³/mol. The summed E-state index contributed by atoms with van der Waals surface area (Å²) in [4.78, 5) is 11.2. The minimum atomic E-state index is 0.182. The number of hydrogen-bond donors (Lipinski definition) is 1. The van der Waals surface area contributed by atoms with Gasteiger partial charge < -0.3 is 5.32 Å². The first kappa shape index (κ1) is 8.31. The smallest absolute Gasteiger partial charge is 0.227 e. The second kappa shape index (κ2) is 3.56. The summed E-state index contributed by atoms with van der Waals surface area (Å²) < 4.78 is 0. The van der Waals surface area contributed by atoms with Crippen LogP contribution in [-0.4, -0.2) is 5.91 Å². The summed E-state index contributed by atoms with van der Waals surface area (Å²) in [5.41, 5.74) is 0. The average Bonchev–Trinajstić information content (AvgIpc) is 1.93. The molecular weight excluding hydrogens is 138 g/mol. The predicted octanol–water partition coefficient (Wildman–Crippen LogP) is 1.68. The Morgan fingerprint density at radius 3 is 3.00 bits per heavy atom. The molecule has 0 saturated heterocycles. The second-order valence-electron chi connectivity index (χ2n) is 3.47. The zero-order valence-electron chi connectivity index (χ0n) is 7.13. The molecule has 0 fully saturated rings. The fourth-order valence-electron chi connectivity index (χ4n) is 1.37. The van der Waals surface area contributed by atoms with Crippen LogP contribution in [0.5, 0.6) is 0 Å². The molecule has 62 valence electrons. The van der Waals surface area contributed by atoms with Crippen molar-refractivity contribution in [3.8, 4) is 0 Å². The van der Waals surface area contributed by atoms with Crippen LogP contribution >= 0.6 is 0 Å². The zero-order valence-corrected chi connectivity index (χ0v) is 7.13. The van der Waals surface area contributed by atoms with Gasteiger partial charge in [-0.3, -0.25) is 4.79 Å². The lowest BCUT2D eigenvalue weighted by molar-refractivity contribution is -0.124. The lowest BCUT2D eigenvalue weighted by Crippen LogP contribution is -2.30. The molecule has 1 heterocycles. The fraction of sp³-hybridized carbons (Fsp3) is 0.667. The SMILES string of the molecule is CC(C)CC1CC=CNC1=O. The summed E-state index contributed by atoms with van der Waals surface area (Å²) >= 11 is 0. The second-order valence-corrected chi connectivity index (χ2v) is 3.47. The molecule has 1 N–H and O–H groups in total. The first-order valence-corrected chi connectivity index (χ1v) is 4.15. The van der Waals surface area contributed by atoms with E-state index >= 15 is 0 Å². The van der Waals surface area contributed by atoms with Crippen molar-refractivity contribution in [2.24, 2.45) is 11.8 Å². The minimum absolute atomic E-state index is 0.182. The third-order valence-electron chi connectivity index (χ3n) is 1.89. The minimum Gasteiger partial charge on any atom is -0.333 e. The molecule has 1 aliphatic heterocycles. The van der Waals surface area contributed by atoms with Gasteiger partial charge in [-0.2, -0.15) is 0 Å². The molecule has 11 heavy (non-hydrogen) atoms. The Morgan fingerprint density at radius 1 is 1.73 bits per heavy atom. The molecular formula is C9H15NO. The first-order valence-electron chi connectivity index (χ1n) is 4.15. The van der Waals surface area contributed by atoms with Crippen LogP contribution in [0.15, 0.2) is 12.3 Å². The zero-order chi connectivity index (χ0) is 8.27. The van der Waals surface area contributed by atoms with Gasteiger partial charge in [0.15, 0.2) is 0 Å². The molecule has 2 nitrogen and oxygen atoms in total. The van der Waals surface area contributed by atoms with E-state index in [9.17, 15) is 4.79 Å². The van der Waals surface area contributed by atoms with E-state index in [-0.39, 0.29) is 11.8 Å². The van der Waals surface area contributed by atoms with Crippen molar-refractivity contribution in [3.05, 3.63) is 12.3 Å². The molecule has 0 bridgehead atoms. The van der Waals surface area contributed by atoms with E-state index in [2.05, 4.69) is 19.2 Å². The molecule has 1 amide bonds. The first-order chi connectivity index (χ1) is 5.20. The van der Waals surface area contributed by atoms with E-state index in [4.69, 9.17) is 0 Å². The summed E-state index contributed by atoms with van der Waals surface area (Å²) in [5, 5.41) is 2.72. The number of nitrogens with one attached hydrogen (secondary N) is 1. The van der Waals surface area contributed by atoms with Gasteiger partial charge in [0.05, 0.1) is 0 Å². The number of carbonyl (C=O) groups is 1. The molecule has 0 aliphatic carbocycles. The van der Waals surface area contributed by atoms with Crippen molar-refractivity contribution in [1.82, 2.24) is 5.32 Å². The van der Waals surface area contributed by atoms with Crippen molar-refractivity contribution < 1.29 is 4.79 Å². The molecule has 0 saturated carbocycles. The molecule has 1 aliphatic rings. The number of allylic oxidation sites excluding steroid dienone is 1. The highest BCUT2D eigenvalue weighted by atomic mass is 16.1. The highest BCUT2D eigenvalue weighted by molar-refractivity contribution is 5.80. The van der Waals surface area contributed by atoms with Crippen LogP contribution in [0, 0.1) is 11.8 Å². The third-order valence-corrected chi connectivity index (χ3v) is 1.89. The summed E-state index contributed by atoms with van der Waals surface area (Å²) in [6.07, 6.45) is 5.66. The Kier molecular flexibility index (Phi) is 2.69. The van der Waals surface area contributed by atoms with Crippen molar-refractivity contribution in [2.75, 3.05) is 0 Å². The Labute approximate surface area is 67.7 Å². The molecule has 0 aromatic heterocycles. The van der Waals surface area contributed by atoms with E-state index in [1.54, 1.807) is 6.20 Å². The van der Waals surface area contributed by atoms with Gasteiger partial charge in [0.25, 0.3) is 0 Å². The Morgan fingerprint density at radius 2 is 2.45 bits per heavy atom. The normalized spacial score (nSPS) is 23.9.